The van der Waals surface area contributed by atoms with Crippen LogP contribution in [0.1, 0.15) is 48.0 Å². The van der Waals surface area contributed by atoms with Gasteiger partial charge < -0.3 is 10.2 Å². The van der Waals surface area contributed by atoms with Gasteiger partial charge in [0.25, 0.3) is 5.91 Å². The molecule has 1 aliphatic carbocycles. The van der Waals surface area contributed by atoms with Crippen molar-refractivity contribution in [3.05, 3.63) is 71.1 Å². The summed E-state index contributed by atoms with van der Waals surface area (Å²) in [6.07, 6.45) is 8.19. The first-order chi connectivity index (χ1) is 14.2. The maximum absolute atomic E-state index is 13.2. The minimum atomic E-state index is -0.216. The van der Waals surface area contributed by atoms with Crippen molar-refractivity contribution in [1.29, 1.82) is 0 Å². The van der Waals surface area contributed by atoms with E-state index < -0.39 is 0 Å². The van der Waals surface area contributed by atoms with E-state index in [-0.39, 0.29) is 11.7 Å². The van der Waals surface area contributed by atoms with Gasteiger partial charge in [0.15, 0.2) is 0 Å². The molecule has 2 aromatic carbocycles. The molecule has 1 heterocycles. The van der Waals surface area contributed by atoms with Crippen molar-refractivity contribution in [3.63, 3.8) is 0 Å². The van der Waals surface area contributed by atoms with Crippen molar-refractivity contribution in [2.45, 2.75) is 43.5 Å². The largest absolute Gasteiger partial charge is 0.365 e. The molecule has 4 rings (SSSR count). The molecule has 0 bridgehead atoms. The number of nitrogens with zero attached hydrogens (tertiary/aromatic N) is 1. The number of anilines is 1. The first-order valence-corrected chi connectivity index (χ1v) is 11.4. The second-order valence-corrected chi connectivity index (χ2v) is 8.83. The highest BCUT2D eigenvalue weighted by Crippen LogP contribution is 2.36. The summed E-state index contributed by atoms with van der Waals surface area (Å²) in [5.41, 5.74) is 4.34. The monoisotopic (exact) mass is 410 g/mol. The Morgan fingerprint density at radius 2 is 2.00 bits per heavy atom. The van der Waals surface area contributed by atoms with Crippen molar-refractivity contribution < 1.29 is 9.18 Å². The van der Waals surface area contributed by atoms with Crippen molar-refractivity contribution >= 4 is 23.4 Å². The average Bonchev–Trinajstić information content (AvgIpc) is 2.76. The molecule has 29 heavy (non-hydrogen) atoms. The lowest BCUT2D eigenvalue weighted by Gasteiger charge is -2.31. The number of nitrogens with one attached hydrogen (secondary N) is 1. The minimum absolute atomic E-state index is 0.0125. The Hall–Kier alpha value is -2.27. The van der Waals surface area contributed by atoms with Gasteiger partial charge in [-0.2, -0.15) is 0 Å². The van der Waals surface area contributed by atoms with E-state index in [0.29, 0.717) is 18.7 Å². The van der Waals surface area contributed by atoms with E-state index in [0.717, 1.165) is 30.0 Å². The van der Waals surface area contributed by atoms with Crippen LogP contribution in [0.2, 0.25) is 0 Å². The van der Waals surface area contributed by atoms with Crippen molar-refractivity contribution in [1.82, 2.24) is 5.32 Å². The van der Waals surface area contributed by atoms with Crippen LogP contribution in [0.4, 0.5) is 10.1 Å². The van der Waals surface area contributed by atoms with E-state index in [2.05, 4.69) is 22.4 Å². The van der Waals surface area contributed by atoms with E-state index in [1.807, 2.05) is 36.0 Å². The van der Waals surface area contributed by atoms with Gasteiger partial charge in [-0.25, -0.2) is 4.39 Å². The van der Waals surface area contributed by atoms with Crippen LogP contribution in [0.15, 0.2) is 59.0 Å². The number of hydrogen-bond acceptors (Lipinski definition) is 3. The molecule has 0 unspecified atom stereocenters. The average molecular weight is 411 g/mol. The van der Waals surface area contributed by atoms with Crippen LogP contribution < -0.4 is 10.2 Å². The second-order valence-electron chi connectivity index (χ2n) is 7.69. The lowest BCUT2D eigenvalue weighted by Crippen LogP contribution is -2.30. The molecule has 2 aromatic rings. The third-order valence-corrected chi connectivity index (χ3v) is 6.63. The van der Waals surface area contributed by atoms with Crippen LogP contribution in [0, 0.1) is 5.82 Å². The fourth-order valence-electron chi connectivity index (χ4n) is 3.96. The third kappa shape index (κ3) is 5.21. The molecule has 1 N–H and O–H groups in total. The normalized spacial score (nSPS) is 16.2. The molecular weight excluding hydrogens is 383 g/mol. The number of rotatable bonds is 6. The van der Waals surface area contributed by atoms with E-state index in [1.165, 1.54) is 48.3 Å². The molecule has 0 spiro atoms. The lowest BCUT2D eigenvalue weighted by molar-refractivity contribution is 0.0954. The Morgan fingerprint density at radius 3 is 2.79 bits per heavy atom. The highest BCUT2D eigenvalue weighted by molar-refractivity contribution is 7.99. The molecule has 0 atom stereocenters. The van der Waals surface area contributed by atoms with E-state index in [1.54, 1.807) is 0 Å². The molecular formula is C24H27FN2OS. The molecule has 0 radical (unpaired) electrons. The van der Waals surface area contributed by atoms with Gasteiger partial charge in [-0.3, -0.25) is 4.79 Å². The second kappa shape index (κ2) is 9.49. The summed E-state index contributed by atoms with van der Waals surface area (Å²) in [7, 11) is 0. The summed E-state index contributed by atoms with van der Waals surface area (Å²) in [5.74, 6) is 0.780. The molecule has 3 nitrogen and oxygen atoms in total. The van der Waals surface area contributed by atoms with Gasteiger partial charge in [-0.05, 0) is 68.0 Å². The summed E-state index contributed by atoms with van der Waals surface area (Å²) >= 11 is 1.82. The van der Waals surface area contributed by atoms with Gasteiger partial charge in [0.05, 0.1) is 5.69 Å². The van der Waals surface area contributed by atoms with Crippen LogP contribution in [-0.4, -0.2) is 24.7 Å². The predicted octanol–water partition coefficient (Wildman–Crippen LogP) is 5.56. The van der Waals surface area contributed by atoms with Crippen molar-refractivity contribution in [3.8, 4) is 0 Å². The van der Waals surface area contributed by atoms with E-state index in [4.69, 9.17) is 0 Å². The van der Waals surface area contributed by atoms with Gasteiger partial charge in [-0.1, -0.05) is 23.8 Å². The maximum Gasteiger partial charge on any atom is 0.251 e. The Kier molecular flexibility index (Phi) is 6.55. The fraction of sp³-hybridized carbons (Fsp3) is 0.375. The lowest BCUT2D eigenvalue weighted by atomic mass is 9.97. The summed E-state index contributed by atoms with van der Waals surface area (Å²) in [6.45, 7) is 2.32. The maximum atomic E-state index is 13.2. The number of carbonyl (C=O) groups excluding carboxylic acids is 1. The summed E-state index contributed by atoms with van der Waals surface area (Å²) in [4.78, 5) is 16.2. The zero-order chi connectivity index (χ0) is 20.1. The zero-order valence-corrected chi connectivity index (χ0v) is 17.4. The first-order valence-electron chi connectivity index (χ1n) is 10.4. The van der Waals surface area contributed by atoms with E-state index in [9.17, 15) is 9.18 Å². The van der Waals surface area contributed by atoms with Crippen LogP contribution in [0.25, 0.3) is 0 Å². The third-order valence-electron chi connectivity index (χ3n) is 5.58. The zero-order valence-electron chi connectivity index (χ0n) is 16.6. The van der Waals surface area contributed by atoms with Crippen LogP contribution >= 0.6 is 11.8 Å². The van der Waals surface area contributed by atoms with Crippen LogP contribution in [0.5, 0.6) is 0 Å². The summed E-state index contributed by atoms with van der Waals surface area (Å²) in [5, 5.41) is 3.08. The SMILES string of the molecule is O=C(NCCC1=CCCCC1)c1ccc2c(c1)N(Cc1ccc(F)cc1)CCS2. The molecule has 0 aromatic heterocycles. The Balaban J connectivity index is 1.42. The first kappa shape index (κ1) is 20.0. The molecule has 0 saturated heterocycles. The molecule has 2 aliphatic rings. The summed E-state index contributed by atoms with van der Waals surface area (Å²) in [6, 6.07) is 12.6. The van der Waals surface area contributed by atoms with Crippen molar-refractivity contribution in [2.75, 3.05) is 23.7 Å². The molecule has 5 heteroatoms. The quantitative estimate of drug-likeness (QED) is 0.633. The van der Waals surface area contributed by atoms with Crippen LogP contribution in [0.3, 0.4) is 0 Å². The van der Waals surface area contributed by atoms with Gasteiger partial charge >= 0.3 is 0 Å². The van der Waals surface area contributed by atoms with Gasteiger partial charge in [0.2, 0.25) is 0 Å². The number of halogens is 1. The molecule has 0 fully saturated rings. The molecule has 1 aliphatic heterocycles. The highest BCUT2D eigenvalue weighted by Gasteiger charge is 2.20. The van der Waals surface area contributed by atoms with Crippen molar-refractivity contribution in [2.24, 2.45) is 0 Å². The fourth-order valence-corrected chi connectivity index (χ4v) is 4.99. The van der Waals surface area contributed by atoms with Crippen LogP contribution in [-0.2, 0) is 6.54 Å². The van der Waals surface area contributed by atoms with E-state index >= 15 is 0 Å². The Bertz CT molecular complexity index is 894. The predicted molar refractivity (Wildman–Crippen MR) is 118 cm³/mol. The number of fused-ring (bicyclic) bond motifs is 1. The standard InChI is InChI=1S/C24H27FN2OS/c25-21-9-6-19(7-10-21)17-27-14-15-29-23-11-8-20(16-22(23)27)24(28)26-13-12-18-4-2-1-3-5-18/h4,6-11,16H,1-3,5,12-15,17H2,(H,26,28). The number of amides is 1. The Morgan fingerprint density at radius 1 is 1.14 bits per heavy atom. The van der Waals surface area contributed by atoms with Gasteiger partial charge in [-0.15, -0.1) is 11.8 Å². The topological polar surface area (TPSA) is 32.3 Å². The van der Waals surface area contributed by atoms with Gasteiger partial charge in [0.1, 0.15) is 5.82 Å². The summed E-state index contributed by atoms with van der Waals surface area (Å²) < 4.78 is 13.2. The molecule has 1 amide bonds. The number of allylic oxidation sites excluding steroid dienone is 1. The highest BCUT2D eigenvalue weighted by atomic mass is 32.2. The van der Waals surface area contributed by atoms with Gasteiger partial charge in [0, 0.05) is 35.8 Å². The Labute approximate surface area is 176 Å². The smallest absolute Gasteiger partial charge is 0.251 e. The number of carbonyl (C=O) groups is 1. The minimum Gasteiger partial charge on any atom is -0.365 e. The molecule has 0 saturated carbocycles. The number of thioether (sulfide) groups is 1. The number of hydrogen-bond donors (Lipinski definition) is 1. The molecule has 152 valence electrons. The number of benzene rings is 2.